The molecule has 1 N–H and O–H groups in total. The molecule has 0 aromatic rings. The first kappa shape index (κ1) is 12.3. The quantitative estimate of drug-likeness (QED) is 0.745. The van der Waals surface area contributed by atoms with Crippen molar-refractivity contribution in [2.24, 2.45) is 0 Å². The van der Waals surface area contributed by atoms with Gasteiger partial charge < -0.3 is 9.84 Å². The maximum Gasteiger partial charge on any atom is 0.214 e. The smallest absolute Gasteiger partial charge is 0.214 e. The highest BCUT2D eigenvalue weighted by Crippen LogP contribution is 2.25. The van der Waals surface area contributed by atoms with E-state index in [1.165, 1.54) is 4.31 Å². The van der Waals surface area contributed by atoms with Crippen LogP contribution < -0.4 is 0 Å². The molecule has 0 aromatic heterocycles. The first-order valence-corrected chi connectivity index (χ1v) is 7.41. The molecule has 2 aliphatic heterocycles. The van der Waals surface area contributed by atoms with Gasteiger partial charge in [-0.05, 0) is 12.8 Å². The second-order valence-electron chi connectivity index (χ2n) is 4.69. The van der Waals surface area contributed by atoms with Gasteiger partial charge in [-0.15, -0.1) is 0 Å². The second kappa shape index (κ2) is 4.60. The van der Waals surface area contributed by atoms with Crippen LogP contribution >= 0.6 is 0 Å². The summed E-state index contributed by atoms with van der Waals surface area (Å²) in [5.74, 6) is 0.222. The van der Waals surface area contributed by atoms with Gasteiger partial charge in [0.25, 0.3) is 0 Å². The third-order valence-corrected chi connectivity index (χ3v) is 5.25. The Morgan fingerprint density at radius 3 is 2.56 bits per heavy atom. The zero-order valence-corrected chi connectivity index (χ0v) is 10.2. The molecule has 0 spiro atoms. The number of hydrogen-bond donors (Lipinski definition) is 1. The summed E-state index contributed by atoms with van der Waals surface area (Å²) >= 11 is 0. The van der Waals surface area contributed by atoms with Gasteiger partial charge >= 0.3 is 0 Å². The van der Waals surface area contributed by atoms with E-state index >= 15 is 0 Å². The third kappa shape index (κ3) is 2.74. The molecule has 16 heavy (non-hydrogen) atoms. The van der Waals surface area contributed by atoms with Gasteiger partial charge in [0, 0.05) is 39.1 Å². The summed E-state index contributed by atoms with van der Waals surface area (Å²) < 4.78 is 30.2. The van der Waals surface area contributed by atoms with E-state index in [1.807, 2.05) is 0 Å². The maximum atomic E-state index is 11.8. The molecule has 0 saturated carbocycles. The van der Waals surface area contributed by atoms with Crippen LogP contribution in [0.4, 0.5) is 0 Å². The molecule has 0 atom stereocenters. The number of sulfonamides is 1. The summed E-state index contributed by atoms with van der Waals surface area (Å²) in [5, 5.41) is 10.3. The Balaban J connectivity index is 2.02. The van der Waals surface area contributed by atoms with Gasteiger partial charge in [-0.2, -0.15) is 4.31 Å². The molecule has 0 unspecified atom stereocenters. The van der Waals surface area contributed by atoms with E-state index < -0.39 is 15.6 Å². The predicted molar refractivity (Wildman–Crippen MR) is 59.6 cm³/mol. The first-order valence-electron chi connectivity index (χ1n) is 5.80. The number of aliphatic hydroxyl groups is 1. The largest absolute Gasteiger partial charge is 0.388 e. The molecule has 94 valence electrons. The maximum absolute atomic E-state index is 11.8. The van der Waals surface area contributed by atoms with E-state index in [4.69, 9.17) is 4.74 Å². The molecule has 0 aliphatic carbocycles. The SMILES string of the molecule is O=S1(=O)CCCCN1CC1(O)CCOCC1. The Morgan fingerprint density at radius 2 is 1.94 bits per heavy atom. The van der Waals surface area contributed by atoms with Crippen LogP contribution in [0.15, 0.2) is 0 Å². The number of ether oxygens (including phenoxy) is 1. The molecular formula is C10H19NO4S. The van der Waals surface area contributed by atoms with Crippen molar-refractivity contribution in [3.8, 4) is 0 Å². The topological polar surface area (TPSA) is 66.8 Å². The van der Waals surface area contributed by atoms with Crippen molar-refractivity contribution in [2.45, 2.75) is 31.3 Å². The minimum atomic E-state index is -3.13. The average Bonchev–Trinajstić information content (AvgIpc) is 2.22. The number of β-amino-alcohol motifs (C(OH)–C–C–N with tert-alkyl or cyclic N) is 1. The summed E-state index contributed by atoms with van der Waals surface area (Å²) in [6.45, 7) is 1.82. The summed E-state index contributed by atoms with van der Waals surface area (Å²) in [6.07, 6.45) is 2.68. The summed E-state index contributed by atoms with van der Waals surface area (Å²) in [7, 11) is -3.13. The lowest BCUT2D eigenvalue weighted by Gasteiger charge is -2.37. The van der Waals surface area contributed by atoms with Crippen molar-refractivity contribution in [3.05, 3.63) is 0 Å². The lowest BCUT2D eigenvalue weighted by atomic mass is 9.94. The molecule has 0 aromatic carbocycles. The molecule has 6 heteroatoms. The van der Waals surface area contributed by atoms with Crippen molar-refractivity contribution < 1.29 is 18.3 Å². The van der Waals surface area contributed by atoms with Crippen LogP contribution in [0.3, 0.4) is 0 Å². The predicted octanol–water partition coefficient (Wildman–Crippen LogP) is -0.0465. The van der Waals surface area contributed by atoms with Crippen LogP contribution in [-0.4, -0.2) is 55.5 Å². The normalized spacial score (nSPS) is 30.1. The van der Waals surface area contributed by atoms with Crippen molar-refractivity contribution >= 4 is 10.0 Å². The fraction of sp³-hybridized carbons (Fsp3) is 1.00. The summed E-state index contributed by atoms with van der Waals surface area (Å²) in [6, 6.07) is 0. The molecule has 0 radical (unpaired) electrons. The molecule has 2 aliphatic rings. The molecule has 2 rings (SSSR count). The molecule has 2 fully saturated rings. The highest BCUT2D eigenvalue weighted by Gasteiger charge is 2.36. The Morgan fingerprint density at radius 1 is 1.25 bits per heavy atom. The van der Waals surface area contributed by atoms with E-state index in [2.05, 4.69) is 0 Å². The molecule has 5 nitrogen and oxygen atoms in total. The monoisotopic (exact) mass is 249 g/mol. The van der Waals surface area contributed by atoms with Crippen LogP contribution in [0.5, 0.6) is 0 Å². The van der Waals surface area contributed by atoms with Crippen LogP contribution in [-0.2, 0) is 14.8 Å². The molecule has 2 saturated heterocycles. The van der Waals surface area contributed by atoms with Gasteiger partial charge in [-0.25, -0.2) is 8.42 Å². The van der Waals surface area contributed by atoms with Crippen molar-refractivity contribution in [1.82, 2.24) is 4.31 Å². The fourth-order valence-corrected chi connectivity index (χ4v) is 3.93. The zero-order valence-electron chi connectivity index (χ0n) is 9.39. The van der Waals surface area contributed by atoms with Gasteiger partial charge in [-0.1, -0.05) is 0 Å². The van der Waals surface area contributed by atoms with Gasteiger partial charge in [0.1, 0.15) is 0 Å². The van der Waals surface area contributed by atoms with E-state index in [0.29, 0.717) is 32.6 Å². The van der Waals surface area contributed by atoms with Crippen LogP contribution in [0.1, 0.15) is 25.7 Å². The van der Waals surface area contributed by atoms with Crippen molar-refractivity contribution in [3.63, 3.8) is 0 Å². The lowest BCUT2D eigenvalue weighted by molar-refractivity contribution is -0.0711. The Labute approximate surface area is 96.4 Å². The number of hydrogen-bond acceptors (Lipinski definition) is 4. The van der Waals surface area contributed by atoms with E-state index in [0.717, 1.165) is 12.8 Å². The standard InChI is InChI=1S/C10H19NO4S/c12-10(3-6-15-7-4-10)9-11-5-1-2-8-16(11,13)14/h12H,1-9H2. The molecule has 0 amide bonds. The Hall–Kier alpha value is -0.170. The number of nitrogens with zero attached hydrogens (tertiary/aromatic N) is 1. The number of rotatable bonds is 2. The average molecular weight is 249 g/mol. The lowest BCUT2D eigenvalue weighted by Crippen LogP contribution is -2.50. The first-order chi connectivity index (χ1) is 7.52. The van der Waals surface area contributed by atoms with Crippen LogP contribution in [0, 0.1) is 0 Å². The van der Waals surface area contributed by atoms with Gasteiger partial charge in [0.05, 0.1) is 11.4 Å². The minimum Gasteiger partial charge on any atom is -0.388 e. The van der Waals surface area contributed by atoms with Gasteiger partial charge in [0.15, 0.2) is 0 Å². The minimum absolute atomic E-state index is 0.222. The highest BCUT2D eigenvalue weighted by atomic mass is 32.2. The van der Waals surface area contributed by atoms with Gasteiger partial charge in [0.2, 0.25) is 10.0 Å². The van der Waals surface area contributed by atoms with E-state index in [9.17, 15) is 13.5 Å². The van der Waals surface area contributed by atoms with Crippen LogP contribution in [0.25, 0.3) is 0 Å². The van der Waals surface area contributed by atoms with Crippen molar-refractivity contribution in [2.75, 3.05) is 32.1 Å². The highest BCUT2D eigenvalue weighted by molar-refractivity contribution is 7.89. The molecule has 2 heterocycles. The Bertz CT molecular complexity index is 335. The third-order valence-electron chi connectivity index (χ3n) is 3.35. The molecule has 0 bridgehead atoms. The second-order valence-corrected chi connectivity index (χ2v) is 6.78. The van der Waals surface area contributed by atoms with Crippen LogP contribution in [0.2, 0.25) is 0 Å². The fourth-order valence-electron chi connectivity index (χ4n) is 2.26. The summed E-state index contributed by atoms with van der Waals surface area (Å²) in [5.41, 5.74) is -0.886. The van der Waals surface area contributed by atoms with Crippen molar-refractivity contribution in [1.29, 1.82) is 0 Å². The van der Waals surface area contributed by atoms with E-state index in [-0.39, 0.29) is 12.3 Å². The zero-order chi connectivity index (χ0) is 11.6. The molecular weight excluding hydrogens is 230 g/mol. The Kier molecular flexibility index (Phi) is 3.53. The van der Waals surface area contributed by atoms with Gasteiger partial charge in [-0.3, -0.25) is 0 Å². The van der Waals surface area contributed by atoms with E-state index in [1.54, 1.807) is 0 Å². The summed E-state index contributed by atoms with van der Waals surface area (Å²) in [4.78, 5) is 0.